The highest BCUT2D eigenvalue weighted by molar-refractivity contribution is 5.88. The van der Waals surface area contributed by atoms with Gasteiger partial charge in [-0.3, -0.25) is 5.32 Å². The fraction of sp³-hybridized carbons (Fsp3) is 0.333. The summed E-state index contributed by atoms with van der Waals surface area (Å²) >= 11 is 0. The van der Waals surface area contributed by atoms with Gasteiger partial charge in [0.2, 0.25) is 0 Å². The van der Waals surface area contributed by atoms with Crippen molar-refractivity contribution in [3.63, 3.8) is 0 Å². The van der Waals surface area contributed by atoms with Crippen LogP contribution in [0.15, 0.2) is 42.6 Å². The van der Waals surface area contributed by atoms with Crippen LogP contribution in [0.5, 0.6) is 0 Å². The molecule has 0 aliphatic rings. The Kier molecular flexibility index (Phi) is 5.34. The van der Waals surface area contributed by atoms with Gasteiger partial charge in [-0.1, -0.05) is 18.2 Å². The van der Waals surface area contributed by atoms with Crippen molar-refractivity contribution in [3.8, 4) is 5.69 Å². The Balaban J connectivity index is 1.89. The Labute approximate surface area is 123 Å². The highest BCUT2D eigenvalue weighted by Gasteiger charge is 2.08. The first kappa shape index (κ1) is 15.1. The lowest BCUT2D eigenvalue weighted by Crippen LogP contribution is -2.36. The van der Waals surface area contributed by atoms with Crippen molar-refractivity contribution in [2.75, 3.05) is 11.9 Å². The predicted octanol–water partition coefficient (Wildman–Crippen LogP) is 2.15. The van der Waals surface area contributed by atoms with E-state index in [0.717, 1.165) is 12.1 Å². The molecule has 2 aromatic rings. The van der Waals surface area contributed by atoms with Crippen LogP contribution in [0.3, 0.4) is 0 Å². The largest absolute Gasteiger partial charge is 0.396 e. The highest BCUT2D eigenvalue weighted by atomic mass is 16.3. The van der Waals surface area contributed by atoms with E-state index in [4.69, 9.17) is 5.11 Å². The summed E-state index contributed by atoms with van der Waals surface area (Å²) < 4.78 is 1.70. The van der Waals surface area contributed by atoms with Crippen molar-refractivity contribution in [2.24, 2.45) is 0 Å². The number of para-hydroxylation sites is 1. The molecule has 1 unspecified atom stereocenters. The Morgan fingerprint density at radius 1 is 1.33 bits per heavy atom. The summed E-state index contributed by atoms with van der Waals surface area (Å²) in [6, 6.07) is 11.1. The zero-order valence-corrected chi connectivity index (χ0v) is 12.0. The van der Waals surface area contributed by atoms with E-state index in [-0.39, 0.29) is 18.7 Å². The molecule has 2 amide bonds. The minimum Gasteiger partial charge on any atom is -0.396 e. The summed E-state index contributed by atoms with van der Waals surface area (Å²) in [4.78, 5) is 11.8. The van der Waals surface area contributed by atoms with Gasteiger partial charge in [-0.2, -0.15) is 0 Å². The summed E-state index contributed by atoms with van der Waals surface area (Å²) in [5.41, 5.74) is 0.933. The van der Waals surface area contributed by atoms with E-state index in [2.05, 4.69) is 15.7 Å². The van der Waals surface area contributed by atoms with Crippen LogP contribution in [0.2, 0.25) is 0 Å². The van der Waals surface area contributed by atoms with Crippen LogP contribution in [0.1, 0.15) is 19.8 Å². The molecule has 0 spiro atoms. The zero-order chi connectivity index (χ0) is 15.1. The zero-order valence-electron chi connectivity index (χ0n) is 12.0. The molecule has 0 aliphatic carbocycles. The third-order valence-electron chi connectivity index (χ3n) is 3.02. The Morgan fingerprint density at radius 2 is 2.10 bits per heavy atom. The molecule has 3 N–H and O–H groups in total. The van der Waals surface area contributed by atoms with E-state index < -0.39 is 0 Å². The molecule has 0 bridgehead atoms. The molecule has 0 radical (unpaired) electrons. The van der Waals surface area contributed by atoms with Crippen molar-refractivity contribution in [1.82, 2.24) is 15.1 Å². The molecule has 0 aliphatic heterocycles. The normalized spacial score (nSPS) is 11.9. The van der Waals surface area contributed by atoms with E-state index in [9.17, 15) is 4.79 Å². The second-order valence-electron chi connectivity index (χ2n) is 4.85. The lowest BCUT2D eigenvalue weighted by molar-refractivity contribution is 0.245. The number of hydrogen-bond donors (Lipinski definition) is 3. The summed E-state index contributed by atoms with van der Waals surface area (Å²) in [7, 11) is 0. The Bertz CT molecular complexity index is 568. The maximum atomic E-state index is 11.8. The number of aliphatic hydroxyl groups is 1. The van der Waals surface area contributed by atoms with Gasteiger partial charge in [-0.15, -0.1) is 5.10 Å². The second kappa shape index (κ2) is 7.44. The molecule has 1 heterocycles. The highest BCUT2D eigenvalue weighted by Crippen LogP contribution is 2.09. The van der Waals surface area contributed by atoms with Crippen LogP contribution in [-0.4, -0.2) is 33.6 Å². The number of aliphatic hydroxyl groups excluding tert-OH is 1. The summed E-state index contributed by atoms with van der Waals surface area (Å²) in [5.74, 6) is 0.491. The Hall–Kier alpha value is -2.34. The van der Waals surface area contributed by atoms with E-state index in [1.807, 2.05) is 37.3 Å². The van der Waals surface area contributed by atoms with E-state index >= 15 is 0 Å². The molecule has 2 rings (SSSR count). The number of nitrogens with one attached hydrogen (secondary N) is 2. The van der Waals surface area contributed by atoms with E-state index in [1.165, 1.54) is 0 Å². The van der Waals surface area contributed by atoms with Gasteiger partial charge in [0.25, 0.3) is 0 Å². The molecule has 1 atom stereocenters. The number of carbonyl (C=O) groups excluding carboxylic acids is 1. The van der Waals surface area contributed by atoms with Crippen molar-refractivity contribution in [2.45, 2.75) is 25.8 Å². The van der Waals surface area contributed by atoms with Gasteiger partial charge in [-0.25, -0.2) is 9.48 Å². The maximum Gasteiger partial charge on any atom is 0.320 e. The monoisotopic (exact) mass is 288 g/mol. The number of rotatable bonds is 6. The SMILES string of the molecule is CC(CCCO)NC(=O)Nc1ccn(-c2ccccc2)n1. The number of benzene rings is 1. The smallest absolute Gasteiger partial charge is 0.320 e. The third-order valence-corrected chi connectivity index (χ3v) is 3.02. The molecule has 1 aromatic carbocycles. The number of nitrogens with zero attached hydrogens (tertiary/aromatic N) is 2. The van der Waals surface area contributed by atoms with Gasteiger partial charge < -0.3 is 10.4 Å². The fourth-order valence-electron chi connectivity index (χ4n) is 1.96. The standard InChI is InChI=1S/C15H20N4O2/c1-12(6-5-11-20)16-15(21)17-14-9-10-19(18-14)13-7-3-2-4-8-13/h2-4,7-10,12,20H,5-6,11H2,1H3,(H2,16,17,18,21). The van der Waals surface area contributed by atoms with Crippen molar-refractivity contribution in [3.05, 3.63) is 42.6 Å². The molecule has 21 heavy (non-hydrogen) atoms. The second-order valence-corrected chi connectivity index (χ2v) is 4.85. The average Bonchev–Trinajstić information content (AvgIpc) is 2.94. The van der Waals surface area contributed by atoms with Crippen molar-refractivity contribution < 1.29 is 9.90 Å². The van der Waals surface area contributed by atoms with E-state index in [1.54, 1.807) is 16.9 Å². The topological polar surface area (TPSA) is 79.2 Å². The first-order chi connectivity index (χ1) is 10.2. The number of aromatic nitrogens is 2. The predicted molar refractivity (Wildman–Crippen MR) is 81.5 cm³/mol. The molecular formula is C15H20N4O2. The van der Waals surface area contributed by atoms with Crippen LogP contribution < -0.4 is 10.6 Å². The van der Waals surface area contributed by atoms with Gasteiger partial charge in [0.05, 0.1) is 5.69 Å². The van der Waals surface area contributed by atoms with Crippen molar-refractivity contribution >= 4 is 11.8 Å². The molecule has 1 aromatic heterocycles. The lowest BCUT2D eigenvalue weighted by Gasteiger charge is -2.12. The summed E-state index contributed by atoms with van der Waals surface area (Å²) in [6.07, 6.45) is 3.20. The van der Waals surface area contributed by atoms with Crippen LogP contribution in [0, 0.1) is 0 Å². The molecule has 0 saturated heterocycles. The van der Waals surface area contributed by atoms with Gasteiger partial charge in [-0.05, 0) is 31.9 Å². The van der Waals surface area contributed by atoms with Gasteiger partial charge in [0.15, 0.2) is 5.82 Å². The Morgan fingerprint density at radius 3 is 2.81 bits per heavy atom. The van der Waals surface area contributed by atoms with Crippen molar-refractivity contribution in [1.29, 1.82) is 0 Å². The first-order valence-electron chi connectivity index (χ1n) is 6.98. The van der Waals surface area contributed by atoms with Crippen LogP contribution >= 0.6 is 0 Å². The minimum absolute atomic E-state index is 0.00774. The van der Waals surface area contributed by atoms with Crippen LogP contribution in [-0.2, 0) is 0 Å². The van der Waals surface area contributed by atoms with Crippen LogP contribution in [0.25, 0.3) is 5.69 Å². The summed E-state index contributed by atoms with van der Waals surface area (Å²) in [6.45, 7) is 2.03. The van der Waals surface area contributed by atoms with Gasteiger partial charge >= 0.3 is 6.03 Å². The number of hydrogen-bond acceptors (Lipinski definition) is 3. The summed E-state index contributed by atoms with van der Waals surface area (Å²) in [5, 5.41) is 18.5. The number of amides is 2. The van der Waals surface area contributed by atoms with E-state index in [0.29, 0.717) is 12.2 Å². The fourth-order valence-corrected chi connectivity index (χ4v) is 1.96. The molecule has 6 heteroatoms. The average molecular weight is 288 g/mol. The molecular weight excluding hydrogens is 268 g/mol. The number of urea groups is 1. The minimum atomic E-state index is -0.293. The molecule has 0 saturated carbocycles. The van der Waals surface area contributed by atoms with Crippen LogP contribution in [0.4, 0.5) is 10.6 Å². The lowest BCUT2D eigenvalue weighted by atomic mass is 10.2. The quantitative estimate of drug-likeness (QED) is 0.762. The van der Waals surface area contributed by atoms with Gasteiger partial charge in [0.1, 0.15) is 0 Å². The number of anilines is 1. The number of carbonyl (C=O) groups is 1. The molecule has 0 fully saturated rings. The molecule has 6 nitrogen and oxygen atoms in total. The third kappa shape index (κ3) is 4.61. The maximum absolute atomic E-state index is 11.8. The molecule has 112 valence electrons. The van der Waals surface area contributed by atoms with Gasteiger partial charge in [0, 0.05) is 24.9 Å². The first-order valence-corrected chi connectivity index (χ1v) is 6.98.